The summed E-state index contributed by atoms with van der Waals surface area (Å²) in [6, 6.07) is 15.2. The van der Waals surface area contributed by atoms with Crippen LogP contribution >= 0.6 is 0 Å². The highest BCUT2D eigenvalue weighted by atomic mass is 16.6. The van der Waals surface area contributed by atoms with Crippen molar-refractivity contribution >= 4 is 17.3 Å². The number of carbonyl (C=O) groups is 1. The van der Waals surface area contributed by atoms with E-state index in [1.165, 1.54) is 18.2 Å². The first-order valence-electron chi connectivity index (χ1n) is 7.73. The van der Waals surface area contributed by atoms with Crippen molar-refractivity contribution in [2.45, 2.75) is 6.61 Å². The van der Waals surface area contributed by atoms with E-state index in [0.29, 0.717) is 17.1 Å². The van der Waals surface area contributed by atoms with Gasteiger partial charge in [-0.05, 0) is 12.1 Å². The summed E-state index contributed by atoms with van der Waals surface area (Å²) in [6.07, 6.45) is 0. The van der Waals surface area contributed by atoms with Crippen LogP contribution in [0, 0.1) is 10.1 Å². The number of nitro groups is 1. The number of nitro benzene ring substituents is 1. The number of ether oxygens (including phenoxy) is 1. The Kier molecular flexibility index (Phi) is 4.93. The van der Waals surface area contributed by atoms with E-state index in [-0.39, 0.29) is 17.9 Å². The number of nitrogens with one attached hydrogen (secondary N) is 1. The van der Waals surface area contributed by atoms with Crippen LogP contribution in [0.4, 0.5) is 11.4 Å². The number of esters is 1. The lowest BCUT2D eigenvalue weighted by molar-refractivity contribution is -0.384. The first kappa shape index (κ1) is 17.2. The number of anilines is 1. The SMILES string of the molecule is CNc1ccc(C(=O)OCc2cc(-c3ccccc3)no2)cc1[N+](=O)[O-]. The molecule has 0 fully saturated rings. The number of hydrogen-bond donors (Lipinski definition) is 1. The van der Waals surface area contributed by atoms with Gasteiger partial charge in [0.2, 0.25) is 0 Å². The Morgan fingerprint density at radius 3 is 2.69 bits per heavy atom. The topological polar surface area (TPSA) is 108 Å². The Morgan fingerprint density at radius 1 is 1.23 bits per heavy atom. The lowest BCUT2D eigenvalue weighted by Crippen LogP contribution is -2.06. The van der Waals surface area contributed by atoms with E-state index in [9.17, 15) is 14.9 Å². The zero-order valence-corrected chi connectivity index (χ0v) is 13.8. The average molecular weight is 353 g/mol. The van der Waals surface area contributed by atoms with Gasteiger partial charge in [0, 0.05) is 24.7 Å². The Balaban J connectivity index is 1.69. The molecule has 2 aromatic carbocycles. The van der Waals surface area contributed by atoms with Crippen LogP contribution in [0.25, 0.3) is 11.3 Å². The number of carbonyl (C=O) groups excluding carboxylic acids is 1. The summed E-state index contributed by atoms with van der Waals surface area (Å²) in [7, 11) is 1.56. The minimum absolute atomic E-state index is 0.0819. The Morgan fingerprint density at radius 2 is 2.00 bits per heavy atom. The molecule has 3 rings (SSSR count). The molecule has 0 saturated heterocycles. The molecule has 0 bridgehead atoms. The molecule has 26 heavy (non-hydrogen) atoms. The molecule has 0 spiro atoms. The minimum atomic E-state index is -0.687. The average Bonchev–Trinajstić information content (AvgIpc) is 3.15. The first-order chi connectivity index (χ1) is 12.6. The number of rotatable bonds is 6. The zero-order valence-electron chi connectivity index (χ0n) is 13.8. The van der Waals surface area contributed by atoms with Gasteiger partial charge in [0.15, 0.2) is 12.4 Å². The van der Waals surface area contributed by atoms with Crippen molar-refractivity contribution in [2.75, 3.05) is 12.4 Å². The third-order valence-electron chi connectivity index (χ3n) is 3.67. The summed E-state index contributed by atoms with van der Waals surface area (Å²) in [4.78, 5) is 22.6. The van der Waals surface area contributed by atoms with E-state index in [1.54, 1.807) is 13.1 Å². The van der Waals surface area contributed by atoms with Gasteiger partial charge in [-0.25, -0.2) is 4.79 Å². The third kappa shape index (κ3) is 3.69. The van der Waals surface area contributed by atoms with Crippen molar-refractivity contribution in [3.63, 3.8) is 0 Å². The van der Waals surface area contributed by atoms with Gasteiger partial charge in [0.25, 0.3) is 5.69 Å². The summed E-state index contributed by atoms with van der Waals surface area (Å²) < 4.78 is 10.3. The van der Waals surface area contributed by atoms with Crippen molar-refractivity contribution < 1.29 is 19.0 Å². The second kappa shape index (κ2) is 7.47. The molecule has 0 atom stereocenters. The lowest BCUT2D eigenvalue weighted by Gasteiger charge is -2.05. The van der Waals surface area contributed by atoms with Gasteiger partial charge in [0.05, 0.1) is 10.5 Å². The summed E-state index contributed by atoms with van der Waals surface area (Å²) in [5.41, 5.74) is 1.71. The van der Waals surface area contributed by atoms with Crippen LogP contribution in [0.2, 0.25) is 0 Å². The van der Waals surface area contributed by atoms with E-state index in [1.807, 2.05) is 30.3 Å². The van der Waals surface area contributed by atoms with Gasteiger partial charge in [0.1, 0.15) is 11.4 Å². The Hall–Kier alpha value is -3.68. The minimum Gasteiger partial charge on any atom is -0.454 e. The van der Waals surface area contributed by atoms with E-state index in [2.05, 4.69) is 10.5 Å². The highest BCUT2D eigenvalue weighted by Gasteiger charge is 2.18. The molecule has 0 radical (unpaired) electrons. The first-order valence-corrected chi connectivity index (χ1v) is 7.73. The molecule has 0 aliphatic carbocycles. The number of hydrogen-bond acceptors (Lipinski definition) is 7. The molecule has 0 aliphatic rings. The molecule has 132 valence electrons. The monoisotopic (exact) mass is 353 g/mol. The van der Waals surface area contributed by atoms with E-state index < -0.39 is 10.9 Å². The molecule has 1 heterocycles. The van der Waals surface area contributed by atoms with Crippen molar-refractivity contribution in [1.82, 2.24) is 5.16 Å². The number of benzene rings is 2. The van der Waals surface area contributed by atoms with Gasteiger partial charge < -0.3 is 14.6 Å². The van der Waals surface area contributed by atoms with Gasteiger partial charge in [-0.3, -0.25) is 10.1 Å². The van der Waals surface area contributed by atoms with Gasteiger partial charge >= 0.3 is 5.97 Å². The molecule has 1 N–H and O–H groups in total. The molecule has 8 heteroatoms. The van der Waals surface area contributed by atoms with Gasteiger partial charge in [-0.2, -0.15) is 0 Å². The predicted molar refractivity (Wildman–Crippen MR) is 93.7 cm³/mol. The maximum atomic E-state index is 12.1. The molecule has 0 unspecified atom stereocenters. The van der Waals surface area contributed by atoms with Gasteiger partial charge in [-0.15, -0.1) is 0 Å². The van der Waals surface area contributed by atoms with Crippen LogP contribution in [0.5, 0.6) is 0 Å². The maximum absolute atomic E-state index is 12.1. The highest BCUT2D eigenvalue weighted by Crippen LogP contribution is 2.25. The Labute approximate surface area is 148 Å². The molecule has 0 amide bonds. The smallest absolute Gasteiger partial charge is 0.338 e. The van der Waals surface area contributed by atoms with E-state index in [4.69, 9.17) is 9.26 Å². The van der Waals surface area contributed by atoms with Crippen LogP contribution in [0.3, 0.4) is 0 Å². The highest BCUT2D eigenvalue weighted by molar-refractivity contribution is 5.91. The van der Waals surface area contributed by atoms with E-state index in [0.717, 1.165) is 5.56 Å². The van der Waals surface area contributed by atoms with Crippen molar-refractivity contribution in [2.24, 2.45) is 0 Å². The normalized spacial score (nSPS) is 10.3. The fraction of sp³-hybridized carbons (Fsp3) is 0.111. The standard InChI is InChI=1S/C18H15N3O5/c1-19-15-8-7-13(9-17(15)21(23)24)18(22)25-11-14-10-16(20-26-14)12-5-3-2-4-6-12/h2-10,19H,11H2,1H3. The quantitative estimate of drug-likeness (QED) is 0.409. The Bertz CT molecular complexity index is 937. The molecule has 0 aliphatic heterocycles. The fourth-order valence-corrected chi connectivity index (χ4v) is 2.37. The molecular formula is C18H15N3O5. The summed E-state index contributed by atoms with van der Waals surface area (Å²) >= 11 is 0. The summed E-state index contributed by atoms with van der Waals surface area (Å²) in [5.74, 6) is -0.313. The predicted octanol–water partition coefficient (Wildman–Crippen LogP) is 3.65. The summed E-state index contributed by atoms with van der Waals surface area (Å²) in [5, 5.41) is 17.7. The second-order valence-electron chi connectivity index (χ2n) is 5.36. The fourth-order valence-electron chi connectivity index (χ4n) is 2.37. The lowest BCUT2D eigenvalue weighted by atomic mass is 10.1. The largest absolute Gasteiger partial charge is 0.454 e. The van der Waals surface area contributed by atoms with Crippen LogP contribution in [-0.4, -0.2) is 23.1 Å². The molecule has 0 saturated carbocycles. The van der Waals surface area contributed by atoms with Crippen LogP contribution in [0.1, 0.15) is 16.1 Å². The van der Waals surface area contributed by atoms with Gasteiger partial charge in [-0.1, -0.05) is 35.5 Å². The van der Waals surface area contributed by atoms with Crippen molar-refractivity contribution in [3.05, 3.63) is 76.0 Å². The molecule has 8 nitrogen and oxygen atoms in total. The number of aromatic nitrogens is 1. The molecule has 3 aromatic rings. The van der Waals surface area contributed by atoms with Crippen molar-refractivity contribution in [1.29, 1.82) is 0 Å². The number of nitrogens with zero attached hydrogens (tertiary/aromatic N) is 2. The summed E-state index contributed by atoms with van der Waals surface area (Å²) in [6.45, 7) is -0.125. The zero-order chi connectivity index (χ0) is 18.5. The van der Waals surface area contributed by atoms with E-state index >= 15 is 0 Å². The van der Waals surface area contributed by atoms with Crippen LogP contribution in [-0.2, 0) is 11.3 Å². The van der Waals surface area contributed by atoms with Crippen LogP contribution < -0.4 is 5.32 Å². The molecular weight excluding hydrogens is 338 g/mol. The van der Waals surface area contributed by atoms with Crippen LogP contribution in [0.15, 0.2) is 59.1 Å². The molecule has 1 aromatic heterocycles. The van der Waals surface area contributed by atoms with Crippen molar-refractivity contribution in [3.8, 4) is 11.3 Å². The second-order valence-corrected chi connectivity index (χ2v) is 5.36. The third-order valence-corrected chi connectivity index (χ3v) is 3.67. The maximum Gasteiger partial charge on any atom is 0.338 e.